The van der Waals surface area contributed by atoms with Crippen molar-refractivity contribution in [1.29, 1.82) is 0 Å². The number of phenolic OH excluding ortho intramolecular Hbond substituents is 1. The molecule has 8 aromatic carbocycles. The summed E-state index contributed by atoms with van der Waals surface area (Å²) in [6.07, 6.45) is 1.86. The van der Waals surface area contributed by atoms with Crippen LogP contribution in [0.25, 0.3) is 95.0 Å². The minimum absolute atomic E-state index is 0.0786. The van der Waals surface area contributed by atoms with Crippen LogP contribution in [-0.4, -0.2) is 19.6 Å². The topological polar surface area (TPSA) is 50.9 Å². The highest BCUT2D eigenvalue weighted by Crippen LogP contribution is 2.44. The zero-order chi connectivity index (χ0) is 47.3. The number of rotatable bonds is 8. The van der Waals surface area contributed by atoms with Crippen LogP contribution in [-0.2, 0) is 5.41 Å². The summed E-state index contributed by atoms with van der Waals surface area (Å²) in [5.41, 5.74) is 16.6. The number of aryl methyl sites for hydroxylation is 3. The molecule has 4 nitrogen and oxygen atoms in total. The maximum atomic E-state index is 12.0. The number of hydrogen-bond acceptors (Lipinski definition) is 3. The summed E-state index contributed by atoms with van der Waals surface area (Å²) in [7, 11) is 0. The molecule has 65 heavy (non-hydrogen) atoms. The Labute approximate surface area is 386 Å². The van der Waals surface area contributed by atoms with Gasteiger partial charge < -0.3 is 5.11 Å². The smallest absolute Gasteiger partial charge is 0.149 e. The van der Waals surface area contributed by atoms with Gasteiger partial charge in [-0.05, 0) is 147 Å². The molecule has 0 spiro atoms. The van der Waals surface area contributed by atoms with E-state index in [1.165, 1.54) is 5.56 Å². The van der Waals surface area contributed by atoms with Crippen LogP contribution in [0, 0.1) is 20.7 Å². The monoisotopic (exact) mass is 844 g/mol. The van der Waals surface area contributed by atoms with Gasteiger partial charge in [0, 0.05) is 27.0 Å². The average Bonchev–Trinajstić information content (AvgIpc) is 3.74. The molecule has 0 atom stereocenters. The number of hydrogen-bond donors (Lipinski definition) is 1. The van der Waals surface area contributed by atoms with Gasteiger partial charge in [-0.3, -0.25) is 9.55 Å². The SMILES string of the molecule is [2H]C([2H])([2H])c1cc(-n2c(-c3cc(C)cc(C)c3O)nc3c(-c4cc(-c5ccccc5)cc(-c5cc(-c6ccccc6)ccn5)c4)cccc32)c(-c2ccc(C(C)(C)C)cc2)cc1-c1ccccc1. The quantitative estimate of drug-likeness (QED) is 0.166. The fourth-order valence-electron chi connectivity index (χ4n) is 9.02. The van der Waals surface area contributed by atoms with Crippen molar-refractivity contribution in [3.05, 3.63) is 217 Å². The van der Waals surface area contributed by atoms with Crippen LogP contribution < -0.4 is 0 Å². The lowest BCUT2D eigenvalue weighted by Gasteiger charge is -2.21. The van der Waals surface area contributed by atoms with Crippen LogP contribution in [0.4, 0.5) is 0 Å². The molecule has 0 amide bonds. The van der Waals surface area contributed by atoms with Crippen LogP contribution in [0.3, 0.4) is 0 Å². The van der Waals surface area contributed by atoms with Gasteiger partial charge in [0.2, 0.25) is 0 Å². The Hall–Kier alpha value is -7.82. The summed E-state index contributed by atoms with van der Waals surface area (Å²) in [5.74, 6) is 0.601. The predicted molar refractivity (Wildman–Crippen MR) is 271 cm³/mol. The Bertz CT molecular complexity index is 3480. The van der Waals surface area contributed by atoms with Crippen molar-refractivity contribution in [2.24, 2.45) is 0 Å². The van der Waals surface area contributed by atoms with Crippen LogP contribution >= 0.6 is 0 Å². The molecule has 0 fully saturated rings. The number of aromatic nitrogens is 3. The molecule has 0 saturated carbocycles. The van der Waals surface area contributed by atoms with Gasteiger partial charge in [0.05, 0.1) is 28.0 Å². The summed E-state index contributed by atoms with van der Waals surface area (Å²) in [6, 6.07) is 63.6. The van der Waals surface area contributed by atoms with Crippen LogP contribution in [0.15, 0.2) is 194 Å². The standard InChI is InChI=1S/C61H51N3O/c1-39-31-41(3)59(65)54(32-39)60-63-58-51(48-34-47(43-19-12-8-13-20-43)35-49(36-48)55-37-46(29-30-62-55)42-17-10-7-11-18-42)23-16-24-56(58)64(60)57-33-40(2)52(44-21-14-9-15-22-44)38-53(57)45-25-27-50(28-26-45)61(4,5)6/h7-38,65H,1-6H3/i2D3. The van der Waals surface area contributed by atoms with Crippen molar-refractivity contribution in [3.8, 4) is 89.7 Å². The van der Waals surface area contributed by atoms with Gasteiger partial charge in [-0.2, -0.15) is 0 Å². The van der Waals surface area contributed by atoms with Crippen molar-refractivity contribution >= 4 is 11.0 Å². The number of para-hydroxylation sites is 1. The van der Waals surface area contributed by atoms with E-state index in [0.29, 0.717) is 33.7 Å². The molecule has 316 valence electrons. The summed E-state index contributed by atoms with van der Waals surface area (Å²) in [6.45, 7) is 8.02. The molecule has 0 radical (unpaired) electrons. The van der Waals surface area contributed by atoms with Gasteiger partial charge in [-0.25, -0.2) is 4.98 Å². The van der Waals surface area contributed by atoms with E-state index in [2.05, 4.69) is 104 Å². The molecule has 0 aliphatic rings. The van der Waals surface area contributed by atoms with Crippen molar-refractivity contribution in [2.45, 2.75) is 46.9 Å². The van der Waals surface area contributed by atoms with Gasteiger partial charge in [-0.1, -0.05) is 154 Å². The Morgan fingerprint density at radius 3 is 1.80 bits per heavy atom. The lowest BCUT2D eigenvalue weighted by Crippen LogP contribution is -2.10. The van der Waals surface area contributed by atoms with Gasteiger partial charge in [0.25, 0.3) is 0 Å². The number of imidazole rings is 1. The lowest BCUT2D eigenvalue weighted by atomic mass is 9.85. The van der Waals surface area contributed by atoms with Crippen molar-refractivity contribution in [1.82, 2.24) is 14.5 Å². The molecule has 0 unspecified atom stereocenters. The molecule has 10 rings (SSSR count). The average molecular weight is 845 g/mol. The highest BCUT2D eigenvalue weighted by molar-refractivity contribution is 5.99. The van der Waals surface area contributed by atoms with Crippen molar-refractivity contribution in [2.75, 3.05) is 0 Å². The normalized spacial score (nSPS) is 12.5. The summed E-state index contributed by atoms with van der Waals surface area (Å²) in [5, 5.41) is 12.0. The summed E-state index contributed by atoms with van der Waals surface area (Å²) >= 11 is 0. The fraction of sp³-hybridized carbons (Fsp3) is 0.115. The second kappa shape index (κ2) is 16.7. The van der Waals surface area contributed by atoms with Gasteiger partial charge in [0.15, 0.2) is 0 Å². The first kappa shape index (κ1) is 37.7. The second-order valence-electron chi connectivity index (χ2n) is 18.0. The van der Waals surface area contributed by atoms with Crippen LogP contribution in [0.2, 0.25) is 0 Å². The highest BCUT2D eigenvalue weighted by Gasteiger charge is 2.25. The number of benzene rings is 8. The first-order valence-electron chi connectivity index (χ1n) is 23.6. The molecule has 1 N–H and O–H groups in total. The molecular weight excluding hydrogens is 791 g/mol. The zero-order valence-corrected chi connectivity index (χ0v) is 37.3. The zero-order valence-electron chi connectivity index (χ0n) is 40.3. The summed E-state index contributed by atoms with van der Waals surface area (Å²) in [4.78, 5) is 10.4. The first-order valence-corrected chi connectivity index (χ1v) is 22.1. The minimum Gasteiger partial charge on any atom is -0.507 e. The second-order valence-corrected chi connectivity index (χ2v) is 18.0. The van der Waals surface area contributed by atoms with E-state index in [1.54, 1.807) is 0 Å². The van der Waals surface area contributed by atoms with Crippen LogP contribution in [0.1, 0.15) is 47.1 Å². The van der Waals surface area contributed by atoms with Crippen molar-refractivity contribution < 1.29 is 9.22 Å². The van der Waals surface area contributed by atoms with Crippen molar-refractivity contribution in [3.63, 3.8) is 0 Å². The number of aromatic hydroxyl groups is 1. The van der Waals surface area contributed by atoms with E-state index in [9.17, 15) is 5.11 Å². The third-order valence-corrected chi connectivity index (χ3v) is 12.4. The third-order valence-electron chi connectivity index (χ3n) is 12.4. The van der Waals surface area contributed by atoms with E-state index < -0.39 is 6.85 Å². The number of phenols is 1. The molecule has 2 heterocycles. The lowest BCUT2D eigenvalue weighted by molar-refractivity contribution is 0.472. The Morgan fingerprint density at radius 1 is 0.492 bits per heavy atom. The Morgan fingerprint density at radius 2 is 1.12 bits per heavy atom. The highest BCUT2D eigenvalue weighted by atomic mass is 16.3. The Balaban J connectivity index is 1.29. The third kappa shape index (κ3) is 7.93. The molecule has 0 saturated heterocycles. The number of pyridine rings is 1. The van der Waals surface area contributed by atoms with E-state index >= 15 is 0 Å². The minimum atomic E-state index is -2.47. The van der Waals surface area contributed by atoms with E-state index in [-0.39, 0.29) is 16.7 Å². The molecule has 2 aromatic heterocycles. The van der Waals surface area contributed by atoms with Gasteiger partial charge in [0.1, 0.15) is 11.6 Å². The summed E-state index contributed by atoms with van der Waals surface area (Å²) < 4.78 is 29.0. The Kier molecular flexibility index (Phi) is 9.69. The number of nitrogens with zero attached hydrogens (tertiary/aromatic N) is 3. The first-order chi connectivity index (χ1) is 32.7. The molecular formula is C61H51N3O. The maximum absolute atomic E-state index is 12.0. The molecule has 4 heteroatoms. The fourth-order valence-corrected chi connectivity index (χ4v) is 9.02. The van der Waals surface area contributed by atoms with E-state index in [4.69, 9.17) is 14.1 Å². The van der Waals surface area contributed by atoms with E-state index in [1.807, 2.05) is 129 Å². The molecule has 0 aliphatic heterocycles. The van der Waals surface area contributed by atoms with Gasteiger partial charge in [-0.15, -0.1) is 0 Å². The molecule has 10 aromatic rings. The largest absolute Gasteiger partial charge is 0.507 e. The van der Waals surface area contributed by atoms with Crippen LogP contribution in [0.5, 0.6) is 5.75 Å². The van der Waals surface area contributed by atoms with E-state index in [0.717, 1.165) is 72.4 Å². The van der Waals surface area contributed by atoms with Gasteiger partial charge >= 0.3 is 0 Å². The number of fused-ring (bicyclic) bond motifs is 1. The molecule has 0 aliphatic carbocycles. The molecule has 0 bridgehead atoms. The maximum Gasteiger partial charge on any atom is 0.149 e. The predicted octanol–water partition coefficient (Wildman–Crippen LogP) is 16.0.